The summed E-state index contributed by atoms with van der Waals surface area (Å²) in [7, 11) is 0. The highest BCUT2D eigenvalue weighted by Crippen LogP contribution is 2.26. The zero-order valence-electron chi connectivity index (χ0n) is 13.8. The minimum Gasteiger partial charge on any atom is -0.381 e. The largest absolute Gasteiger partial charge is 0.381 e. The molecule has 1 amide bonds. The summed E-state index contributed by atoms with van der Waals surface area (Å²) in [5.41, 5.74) is 3.53. The molecule has 5 heteroatoms. The fourth-order valence-electron chi connectivity index (χ4n) is 3.09. The molecule has 4 rings (SSSR count). The van der Waals surface area contributed by atoms with E-state index in [4.69, 9.17) is 4.74 Å². The lowest BCUT2D eigenvalue weighted by atomic mass is 9.96. The Morgan fingerprint density at radius 1 is 1.20 bits per heavy atom. The summed E-state index contributed by atoms with van der Waals surface area (Å²) in [6.45, 7) is 1.53. The highest BCUT2D eigenvalue weighted by atomic mass is 16.5. The van der Waals surface area contributed by atoms with Gasteiger partial charge in [0.15, 0.2) is 0 Å². The maximum absolute atomic E-state index is 12.6. The average Bonchev–Trinajstić information content (AvgIpc) is 3.36. The highest BCUT2D eigenvalue weighted by Gasteiger charge is 2.18. The van der Waals surface area contributed by atoms with Crippen LogP contribution in [0.15, 0.2) is 67.3 Å². The average molecular weight is 333 g/mol. The molecule has 0 saturated carbocycles. The summed E-state index contributed by atoms with van der Waals surface area (Å²) in [6.07, 6.45) is 6.34. The molecule has 0 unspecified atom stereocenters. The van der Waals surface area contributed by atoms with E-state index in [1.165, 1.54) is 0 Å². The SMILES string of the molecule is O=C(Nc1cccc(-n2ccnc2)c1)c1cccc([C@H]2CCOC2)c1. The summed E-state index contributed by atoms with van der Waals surface area (Å²) >= 11 is 0. The minimum atomic E-state index is -0.108. The molecule has 1 saturated heterocycles. The van der Waals surface area contributed by atoms with Crippen LogP contribution in [0, 0.1) is 0 Å². The predicted molar refractivity (Wildman–Crippen MR) is 96.1 cm³/mol. The van der Waals surface area contributed by atoms with Crippen LogP contribution < -0.4 is 5.32 Å². The molecule has 1 fully saturated rings. The second-order valence-corrected chi connectivity index (χ2v) is 6.16. The molecule has 0 aliphatic carbocycles. The van der Waals surface area contributed by atoms with E-state index in [-0.39, 0.29) is 5.91 Å². The number of hydrogen-bond donors (Lipinski definition) is 1. The van der Waals surface area contributed by atoms with Gasteiger partial charge in [0.2, 0.25) is 0 Å². The number of benzene rings is 2. The van der Waals surface area contributed by atoms with E-state index in [2.05, 4.69) is 16.4 Å². The van der Waals surface area contributed by atoms with Crippen molar-refractivity contribution in [3.05, 3.63) is 78.4 Å². The number of anilines is 1. The zero-order valence-corrected chi connectivity index (χ0v) is 13.8. The topological polar surface area (TPSA) is 56.2 Å². The molecule has 1 aromatic heterocycles. The van der Waals surface area contributed by atoms with Crippen LogP contribution in [0.2, 0.25) is 0 Å². The van der Waals surface area contributed by atoms with Crippen molar-refractivity contribution in [1.82, 2.24) is 9.55 Å². The zero-order chi connectivity index (χ0) is 17.1. The van der Waals surface area contributed by atoms with Crippen LogP contribution in [0.25, 0.3) is 5.69 Å². The third-order valence-corrected chi connectivity index (χ3v) is 4.46. The minimum absolute atomic E-state index is 0.108. The molecule has 2 heterocycles. The van der Waals surface area contributed by atoms with Crippen molar-refractivity contribution in [2.45, 2.75) is 12.3 Å². The van der Waals surface area contributed by atoms with E-state index in [0.29, 0.717) is 11.5 Å². The lowest BCUT2D eigenvalue weighted by molar-refractivity contribution is 0.102. The first-order valence-corrected chi connectivity index (χ1v) is 8.37. The molecule has 1 N–H and O–H groups in total. The van der Waals surface area contributed by atoms with Crippen molar-refractivity contribution in [1.29, 1.82) is 0 Å². The molecule has 25 heavy (non-hydrogen) atoms. The Balaban J connectivity index is 1.52. The van der Waals surface area contributed by atoms with Crippen LogP contribution in [0.1, 0.15) is 28.3 Å². The Hall–Kier alpha value is -2.92. The van der Waals surface area contributed by atoms with E-state index in [1.807, 2.05) is 53.2 Å². The number of nitrogens with one attached hydrogen (secondary N) is 1. The standard InChI is InChI=1S/C20H19N3O2/c24-20(16-4-1-3-15(11-16)17-7-10-25-13-17)22-18-5-2-6-19(12-18)23-9-8-21-14-23/h1-6,8-9,11-12,14,17H,7,10,13H2,(H,22,24)/t17-/m0/s1. The van der Waals surface area contributed by atoms with Gasteiger partial charge in [0.1, 0.15) is 0 Å². The third-order valence-electron chi connectivity index (χ3n) is 4.46. The number of amides is 1. The summed E-state index contributed by atoms with van der Waals surface area (Å²) < 4.78 is 7.35. The van der Waals surface area contributed by atoms with E-state index in [9.17, 15) is 4.79 Å². The molecule has 0 bridgehead atoms. The van der Waals surface area contributed by atoms with E-state index < -0.39 is 0 Å². The number of ether oxygens (including phenoxy) is 1. The second kappa shape index (κ2) is 6.91. The van der Waals surface area contributed by atoms with Gasteiger partial charge in [0.05, 0.1) is 12.9 Å². The van der Waals surface area contributed by atoms with Gasteiger partial charge in [-0.25, -0.2) is 4.98 Å². The third kappa shape index (κ3) is 3.46. The number of rotatable bonds is 4. The van der Waals surface area contributed by atoms with Gasteiger partial charge in [-0.3, -0.25) is 4.79 Å². The van der Waals surface area contributed by atoms with Crippen LogP contribution in [-0.4, -0.2) is 28.7 Å². The maximum atomic E-state index is 12.6. The second-order valence-electron chi connectivity index (χ2n) is 6.16. The van der Waals surface area contributed by atoms with Gasteiger partial charge in [0, 0.05) is 41.9 Å². The fraction of sp³-hybridized carbons (Fsp3) is 0.200. The lowest BCUT2D eigenvalue weighted by Gasteiger charge is -2.11. The van der Waals surface area contributed by atoms with E-state index in [1.54, 1.807) is 12.5 Å². The van der Waals surface area contributed by atoms with E-state index in [0.717, 1.165) is 36.6 Å². The van der Waals surface area contributed by atoms with Gasteiger partial charge in [-0.05, 0) is 42.3 Å². The Morgan fingerprint density at radius 2 is 2.12 bits per heavy atom. The summed E-state index contributed by atoms with van der Waals surface area (Å²) in [5, 5.41) is 2.97. The summed E-state index contributed by atoms with van der Waals surface area (Å²) in [6, 6.07) is 15.5. The van der Waals surface area contributed by atoms with Crippen molar-refractivity contribution < 1.29 is 9.53 Å². The van der Waals surface area contributed by atoms with Gasteiger partial charge in [-0.1, -0.05) is 18.2 Å². The number of imidazole rings is 1. The maximum Gasteiger partial charge on any atom is 0.255 e. The number of aromatic nitrogens is 2. The molecule has 0 spiro atoms. The smallest absolute Gasteiger partial charge is 0.255 e. The predicted octanol–water partition coefficient (Wildman–Crippen LogP) is 3.63. The summed E-state index contributed by atoms with van der Waals surface area (Å²) in [5.74, 6) is 0.279. The fourth-order valence-corrected chi connectivity index (χ4v) is 3.09. The Morgan fingerprint density at radius 3 is 2.92 bits per heavy atom. The number of hydrogen-bond acceptors (Lipinski definition) is 3. The normalized spacial score (nSPS) is 16.7. The van der Waals surface area contributed by atoms with Crippen molar-refractivity contribution in [3.8, 4) is 5.69 Å². The summed E-state index contributed by atoms with van der Waals surface area (Å²) in [4.78, 5) is 16.7. The van der Waals surface area contributed by atoms with Crippen LogP contribution in [0.4, 0.5) is 5.69 Å². The first kappa shape index (κ1) is 15.6. The van der Waals surface area contributed by atoms with Crippen molar-refractivity contribution in [3.63, 3.8) is 0 Å². The number of carbonyl (C=O) groups is 1. The number of carbonyl (C=O) groups excluding carboxylic acids is 1. The molecular weight excluding hydrogens is 314 g/mol. The van der Waals surface area contributed by atoms with Gasteiger partial charge >= 0.3 is 0 Å². The Kier molecular flexibility index (Phi) is 4.31. The molecule has 3 aromatic rings. The van der Waals surface area contributed by atoms with Gasteiger partial charge in [-0.15, -0.1) is 0 Å². The van der Waals surface area contributed by atoms with E-state index >= 15 is 0 Å². The van der Waals surface area contributed by atoms with Crippen LogP contribution in [0.5, 0.6) is 0 Å². The molecule has 1 atom stereocenters. The van der Waals surface area contributed by atoms with Crippen molar-refractivity contribution >= 4 is 11.6 Å². The lowest BCUT2D eigenvalue weighted by Crippen LogP contribution is -2.13. The van der Waals surface area contributed by atoms with Crippen LogP contribution in [-0.2, 0) is 4.74 Å². The van der Waals surface area contributed by atoms with Gasteiger partial charge in [0.25, 0.3) is 5.91 Å². The van der Waals surface area contributed by atoms with Crippen LogP contribution >= 0.6 is 0 Å². The Labute approximate surface area is 146 Å². The first-order chi connectivity index (χ1) is 12.3. The quantitative estimate of drug-likeness (QED) is 0.793. The van der Waals surface area contributed by atoms with Crippen molar-refractivity contribution in [2.75, 3.05) is 18.5 Å². The molecule has 126 valence electrons. The first-order valence-electron chi connectivity index (χ1n) is 8.37. The Bertz CT molecular complexity index is 868. The molecule has 2 aromatic carbocycles. The molecular formula is C20H19N3O2. The highest BCUT2D eigenvalue weighted by molar-refractivity contribution is 6.04. The van der Waals surface area contributed by atoms with Crippen LogP contribution in [0.3, 0.4) is 0 Å². The van der Waals surface area contributed by atoms with Gasteiger partial charge < -0.3 is 14.6 Å². The molecule has 0 radical (unpaired) electrons. The molecule has 5 nitrogen and oxygen atoms in total. The molecule has 1 aliphatic rings. The number of nitrogens with zero attached hydrogens (tertiary/aromatic N) is 2. The van der Waals surface area contributed by atoms with Gasteiger partial charge in [-0.2, -0.15) is 0 Å². The van der Waals surface area contributed by atoms with Crippen molar-refractivity contribution in [2.24, 2.45) is 0 Å². The monoisotopic (exact) mass is 333 g/mol. The molecule has 1 aliphatic heterocycles.